The minimum Gasteiger partial charge on any atom is -0.593 e. The monoisotopic (exact) mass is 518 g/mol. The van der Waals surface area contributed by atoms with Crippen molar-refractivity contribution in [1.82, 2.24) is 9.62 Å². The summed E-state index contributed by atoms with van der Waals surface area (Å²) in [4.78, 5) is 19.4. The molecule has 2 amide bonds. The van der Waals surface area contributed by atoms with Gasteiger partial charge in [0, 0.05) is 18.7 Å². The number of rotatable bonds is 5. The zero-order chi connectivity index (χ0) is 25.5. The minimum atomic E-state index is -3.95. The van der Waals surface area contributed by atoms with E-state index in [0.29, 0.717) is 11.6 Å². The van der Waals surface area contributed by atoms with E-state index >= 15 is 0 Å². The predicted octanol–water partition coefficient (Wildman–Crippen LogP) is 4.28. The summed E-state index contributed by atoms with van der Waals surface area (Å²) in [6.45, 7) is 0.00144. The Kier molecular flexibility index (Phi) is 6.56. The van der Waals surface area contributed by atoms with Gasteiger partial charge in [0.2, 0.25) is 0 Å². The average Bonchev–Trinajstić information content (AvgIpc) is 3.41. The number of methoxy groups -OCH3 is 1. The Morgan fingerprint density at radius 1 is 1.14 bits per heavy atom. The van der Waals surface area contributed by atoms with Gasteiger partial charge < -0.3 is 9.29 Å². The topological polar surface area (TPSA) is 97.3 Å². The van der Waals surface area contributed by atoms with Gasteiger partial charge in [0.15, 0.2) is 15.3 Å². The zero-order valence-corrected chi connectivity index (χ0v) is 20.7. The van der Waals surface area contributed by atoms with Gasteiger partial charge in [0.25, 0.3) is 0 Å². The van der Waals surface area contributed by atoms with Crippen molar-refractivity contribution in [1.29, 1.82) is 0 Å². The van der Waals surface area contributed by atoms with Crippen LogP contribution in [-0.2, 0) is 14.6 Å². The number of ether oxygens (including phenoxy) is 1. The number of anilines is 1. The van der Waals surface area contributed by atoms with E-state index in [1.165, 1.54) is 28.4 Å². The first-order valence-corrected chi connectivity index (χ1v) is 13.5. The van der Waals surface area contributed by atoms with Crippen LogP contribution in [0.2, 0.25) is 0 Å². The van der Waals surface area contributed by atoms with Crippen molar-refractivity contribution >= 4 is 28.0 Å². The fourth-order valence-electron chi connectivity index (χ4n) is 5.40. The first kappa shape index (κ1) is 24.8. The summed E-state index contributed by atoms with van der Waals surface area (Å²) in [5, 5.41) is 2.80. The lowest BCUT2D eigenvalue weighted by Gasteiger charge is -2.34. The Labute approximate surface area is 209 Å². The van der Waals surface area contributed by atoms with E-state index in [0.717, 1.165) is 50.3 Å². The zero-order valence-electron chi connectivity index (χ0n) is 19.9. The van der Waals surface area contributed by atoms with Crippen molar-refractivity contribution in [2.75, 3.05) is 25.1 Å². The van der Waals surface area contributed by atoms with E-state index in [1.54, 1.807) is 12.1 Å². The molecule has 1 N–H and O–H groups in total. The normalized spacial score (nSPS) is 25.9. The number of amides is 2. The number of halogens is 2. The minimum absolute atomic E-state index is 0.000776. The van der Waals surface area contributed by atoms with E-state index in [2.05, 4.69) is 5.32 Å². The number of benzene rings is 2. The van der Waals surface area contributed by atoms with Crippen LogP contribution in [-0.4, -0.2) is 52.5 Å². The Bertz CT molecular complexity index is 1230. The number of amidine groups is 1. The second-order valence-electron chi connectivity index (χ2n) is 9.46. The van der Waals surface area contributed by atoms with Crippen molar-refractivity contribution in [3.8, 4) is 5.75 Å². The summed E-state index contributed by atoms with van der Waals surface area (Å²) < 4.78 is 61.9. The van der Waals surface area contributed by atoms with E-state index in [4.69, 9.17) is 9.73 Å². The highest BCUT2D eigenvalue weighted by molar-refractivity contribution is 7.95. The molecule has 8 nitrogen and oxygen atoms in total. The van der Waals surface area contributed by atoms with Crippen LogP contribution in [0.15, 0.2) is 52.4 Å². The Morgan fingerprint density at radius 3 is 2.56 bits per heavy atom. The fraction of sp³-hybridized carbons (Fsp3) is 0.440. The molecule has 2 heterocycles. The van der Waals surface area contributed by atoms with Crippen LogP contribution in [0.4, 0.5) is 19.3 Å². The molecule has 3 aliphatic rings. The second-order valence-corrected chi connectivity index (χ2v) is 11.4. The third kappa shape index (κ3) is 4.39. The highest BCUT2D eigenvalue weighted by atomic mass is 32.3. The highest BCUT2D eigenvalue weighted by Gasteiger charge is 2.59. The molecule has 36 heavy (non-hydrogen) atoms. The maximum atomic E-state index is 14.2. The molecule has 1 aliphatic carbocycles. The Hall–Kier alpha value is -2.89. The largest absolute Gasteiger partial charge is 0.593 e. The molecule has 0 aromatic heterocycles. The van der Waals surface area contributed by atoms with Crippen molar-refractivity contribution in [3.05, 3.63) is 54.1 Å². The number of hydrogen-bond donors (Lipinski definition) is 1. The highest BCUT2D eigenvalue weighted by Crippen LogP contribution is 2.41. The predicted molar refractivity (Wildman–Crippen MR) is 131 cm³/mol. The lowest BCUT2D eigenvalue weighted by Crippen LogP contribution is -2.53. The first-order valence-electron chi connectivity index (χ1n) is 12.0. The number of carbonyl (C=O) groups is 1. The number of carbonyl (C=O) groups excluding carboxylic acids is 1. The lowest BCUT2D eigenvalue weighted by molar-refractivity contribution is 0.251. The molecule has 5 rings (SSSR count). The number of nitrogens with zero attached hydrogens (tertiary/aromatic N) is 3. The summed E-state index contributed by atoms with van der Waals surface area (Å²) in [5.41, 5.74) is -1.19. The maximum absolute atomic E-state index is 14.2. The van der Waals surface area contributed by atoms with Crippen LogP contribution in [0, 0.1) is 11.6 Å². The SMILES string of the molecule is COc1cccc([S+](=O)([O-])N2CCC3(C2)C(=NC2CCCCC2)NC(=O)N3c2cc(F)cc(F)c2)c1. The molecule has 11 heteroatoms. The van der Waals surface area contributed by atoms with Crippen LogP contribution < -0.4 is 15.0 Å². The van der Waals surface area contributed by atoms with Crippen molar-refractivity contribution in [3.63, 3.8) is 0 Å². The number of nitrogens with one attached hydrogen (secondary N) is 1. The van der Waals surface area contributed by atoms with Crippen LogP contribution in [0.25, 0.3) is 0 Å². The summed E-state index contributed by atoms with van der Waals surface area (Å²) in [5.74, 6) is -0.902. The molecule has 1 spiro atoms. The summed E-state index contributed by atoms with van der Waals surface area (Å²) in [7, 11) is -2.49. The van der Waals surface area contributed by atoms with Crippen LogP contribution in [0.5, 0.6) is 5.75 Å². The van der Waals surface area contributed by atoms with Gasteiger partial charge in [0.1, 0.15) is 28.8 Å². The summed E-state index contributed by atoms with van der Waals surface area (Å²) in [6, 6.07) is 8.46. The van der Waals surface area contributed by atoms with E-state index in [9.17, 15) is 22.3 Å². The fourth-order valence-corrected chi connectivity index (χ4v) is 6.93. The summed E-state index contributed by atoms with van der Waals surface area (Å²) >= 11 is 0. The smallest absolute Gasteiger partial charge is 0.328 e. The third-order valence-electron chi connectivity index (χ3n) is 7.18. The van der Waals surface area contributed by atoms with E-state index in [-0.39, 0.29) is 36.1 Å². The van der Waals surface area contributed by atoms with Gasteiger partial charge in [-0.15, -0.1) is 4.31 Å². The summed E-state index contributed by atoms with van der Waals surface area (Å²) in [6.07, 6.45) is 5.14. The molecule has 192 valence electrons. The van der Waals surface area contributed by atoms with E-state index < -0.39 is 33.6 Å². The first-order chi connectivity index (χ1) is 17.2. The molecule has 2 aromatic carbocycles. The molecule has 0 radical (unpaired) electrons. The van der Waals surface area contributed by atoms with Crippen LogP contribution >= 0.6 is 0 Å². The van der Waals surface area contributed by atoms with Gasteiger partial charge in [-0.2, -0.15) is 0 Å². The van der Waals surface area contributed by atoms with Gasteiger partial charge in [-0.1, -0.05) is 29.5 Å². The van der Waals surface area contributed by atoms with Crippen LogP contribution in [0.3, 0.4) is 0 Å². The number of urea groups is 1. The van der Waals surface area contributed by atoms with Gasteiger partial charge in [-0.05, 0) is 43.5 Å². The van der Waals surface area contributed by atoms with Crippen molar-refractivity contribution in [2.24, 2.45) is 4.99 Å². The Morgan fingerprint density at radius 2 is 1.86 bits per heavy atom. The van der Waals surface area contributed by atoms with Gasteiger partial charge in [-0.3, -0.25) is 15.2 Å². The van der Waals surface area contributed by atoms with Gasteiger partial charge in [0.05, 0.1) is 25.4 Å². The lowest BCUT2D eigenvalue weighted by atomic mass is 9.93. The number of hydrogen-bond acceptors (Lipinski definition) is 5. The van der Waals surface area contributed by atoms with E-state index in [1.807, 2.05) is 0 Å². The van der Waals surface area contributed by atoms with Gasteiger partial charge >= 0.3 is 6.03 Å². The number of aliphatic imine (C=N–C) groups is 1. The van der Waals surface area contributed by atoms with Crippen LogP contribution in [0.1, 0.15) is 38.5 Å². The standard InChI is InChI=1S/C25H28F2N4O4S/c1-35-21-8-5-9-22(15-21)36(33,34)30-11-10-25(16-30)23(28-19-6-3-2-4-7-19)29-24(32)31(25)20-13-17(26)12-18(27)14-20/h5,8-9,12-15,19H,2-4,6-7,10-11,16H2,1H3,(H-,28,29,32,33,34). The molecule has 1 saturated carbocycles. The maximum Gasteiger partial charge on any atom is 0.328 e. The molecule has 3 fully saturated rings. The van der Waals surface area contributed by atoms with Crippen molar-refractivity contribution < 1.29 is 27.1 Å². The molecule has 0 bridgehead atoms. The molecule has 2 aromatic rings. The quantitative estimate of drug-likeness (QED) is 0.598. The third-order valence-corrected chi connectivity index (χ3v) is 9.02. The van der Waals surface area contributed by atoms with Crippen molar-refractivity contribution in [2.45, 2.75) is 55.0 Å². The Balaban J connectivity index is 1.56. The molecular weight excluding hydrogens is 490 g/mol. The molecule has 2 saturated heterocycles. The number of sulfonamides is 1. The average molecular weight is 519 g/mol. The molecule has 2 aliphatic heterocycles. The molecule has 2 atom stereocenters. The molecule has 2 unspecified atom stereocenters. The molecular formula is C25H28F2N4O4S. The van der Waals surface area contributed by atoms with Gasteiger partial charge in [-0.25, -0.2) is 13.6 Å². The second kappa shape index (κ2) is 9.53.